The van der Waals surface area contributed by atoms with Gasteiger partial charge < -0.3 is 25.2 Å². The molecule has 0 aromatic rings. The summed E-state index contributed by atoms with van der Waals surface area (Å²) in [6.07, 6.45) is -6.17. The lowest BCUT2D eigenvalue weighted by atomic mass is 9.99. The highest BCUT2D eigenvalue weighted by molar-refractivity contribution is 4.88. The van der Waals surface area contributed by atoms with Crippen LogP contribution >= 0.6 is 0 Å². The van der Waals surface area contributed by atoms with E-state index in [-0.39, 0.29) is 0 Å². The van der Waals surface area contributed by atoms with Crippen LogP contribution in [0.2, 0.25) is 0 Å². The van der Waals surface area contributed by atoms with Crippen molar-refractivity contribution in [1.82, 2.24) is 5.48 Å². The first-order chi connectivity index (χ1) is 6.61. The molecule has 0 unspecified atom stereocenters. The zero-order valence-electron chi connectivity index (χ0n) is 7.70. The first-order valence-electron chi connectivity index (χ1n) is 4.24. The second-order valence-electron chi connectivity index (χ2n) is 3.02. The van der Waals surface area contributed by atoms with Gasteiger partial charge >= 0.3 is 0 Å². The summed E-state index contributed by atoms with van der Waals surface area (Å²) in [5.74, 6) is 0. The first kappa shape index (κ1) is 11.8. The molecule has 0 spiro atoms. The highest BCUT2D eigenvalue weighted by atomic mass is 16.8. The summed E-state index contributed by atoms with van der Waals surface area (Å²) in [5, 5.41) is 36.8. The average Bonchev–Trinajstić information content (AvgIpc) is 2.19. The molecule has 0 aliphatic carbocycles. The van der Waals surface area contributed by atoms with E-state index in [9.17, 15) is 15.3 Å². The van der Waals surface area contributed by atoms with E-state index in [0.29, 0.717) is 0 Å². The van der Waals surface area contributed by atoms with Crippen molar-refractivity contribution in [2.24, 2.45) is 0 Å². The first-order valence-corrected chi connectivity index (χ1v) is 4.24. The molecule has 1 fully saturated rings. The van der Waals surface area contributed by atoms with E-state index < -0.39 is 37.3 Å². The second kappa shape index (κ2) is 4.99. The third-order valence-electron chi connectivity index (χ3n) is 2.08. The summed E-state index contributed by atoms with van der Waals surface area (Å²) in [6, 6.07) is 0. The van der Waals surface area contributed by atoms with Gasteiger partial charge in [0, 0.05) is 7.05 Å². The molecule has 5 atom stereocenters. The number of aliphatic hydroxyl groups excluding tert-OH is 4. The number of ether oxygens (including phenoxy) is 1. The third-order valence-corrected chi connectivity index (χ3v) is 2.08. The van der Waals surface area contributed by atoms with Crippen LogP contribution in [0.5, 0.6) is 0 Å². The molecule has 5 N–H and O–H groups in total. The van der Waals surface area contributed by atoms with Gasteiger partial charge in [-0.25, -0.2) is 5.48 Å². The van der Waals surface area contributed by atoms with Crippen LogP contribution in [0.25, 0.3) is 0 Å². The molecule has 0 aromatic heterocycles. The molecule has 0 amide bonds. The Morgan fingerprint density at radius 3 is 2.36 bits per heavy atom. The van der Waals surface area contributed by atoms with Crippen molar-refractivity contribution in [3.8, 4) is 0 Å². The van der Waals surface area contributed by atoms with Crippen LogP contribution in [0.4, 0.5) is 0 Å². The van der Waals surface area contributed by atoms with Gasteiger partial charge in [0.2, 0.25) is 6.29 Å². The lowest BCUT2D eigenvalue weighted by Gasteiger charge is -2.39. The minimum Gasteiger partial charge on any atom is -0.394 e. The molecule has 1 aliphatic rings. The van der Waals surface area contributed by atoms with Gasteiger partial charge in [-0.2, -0.15) is 0 Å². The predicted molar refractivity (Wildman–Crippen MR) is 43.9 cm³/mol. The second-order valence-corrected chi connectivity index (χ2v) is 3.02. The summed E-state index contributed by atoms with van der Waals surface area (Å²) in [5.41, 5.74) is 2.29. The molecule has 1 heterocycles. The van der Waals surface area contributed by atoms with Gasteiger partial charge in [0.05, 0.1) is 6.61 Å². The van der Waals surface area contributed by atoms with E-state index >= 15 is 0 Å². The van der Waals surface area contributed by atoms with Gasteiger partial charge in [0.1, 0.15) is 24.4 Å². The standard InChI is InChI=1S/C7H15NO6/c1-8-14-7-6(12)5(11)4(10)3(2-9)13-7/h3-12H,2H2,1H3/t3-,4-,5+,6-,7+/m1/s1. The fourth-order valence-electron chi connectivity index (χ4n) is 1.28. The quantitative estimate of drug-likeness (QED) is 0.314. The van der Waals surface area contributed by atoms with E-state index in [1.165, 1.54) is 7.05 Å². The molecule has 7 nitrogen and oxygen atoms in total. The fourth-order valence-corrected chi connectivity index (χ4v) is 1.28. The van der Waals surface area contributed by atoms with Crippen molar-refractivity contribution in [3.63, 3.8) is 0 Å². The van der Waals surface area contributed by atoms with Gasteiger partial charge in [-0.1, -0.05) is 0 Å². The monoisotopic (exact) mass is 209 g/mol. The fraction of sp³-hybridized carbons (Fsp3) is 1.00. The average molecular weight is 209 g/mol. The number of hydrogen-bond donors (Lipinski definition) is 5. The Morgan fingerprint density at radius 2 is 1.86 bits per heavy atom. The van der Waals surface area contributed by atoms with Crippen molar-refractivity contribution in [3.05, 3.63) is 0 Å². The topological polar surface area (TPSA) is 111 Å². The summed E-state index contributed by atoms with van der Waals surface area (Å²) in [4.78, 5) is 4.74. The van der Waals surface area contributed by atoms with Crippen LogP contribution < -0.4 is 5.48 Å². The molecule has 1 aliphatic heterocycles. The zero-order chi connectivity index (χ0) is 10.7. The number of nitrogens with one attached hydrogen (secondary N) is 1. The van der Waals surface area contributed by atoms with E-state index in [0.717, 1.165) is 0 Å². The molecule has 1 saturated heterocycles. The van der Waals surface area contributed by atoms with Gasteiger partial charge in [-0.05, 0) is 0 Å². The molecule has 0 saturated carbocycles. The molecule has 0 aromatic carbocycles. The number of rotatable bonds is 3. The summed E-state index contributed by atoms with van der Waals surface area (Å²) in [7, 11) is 1.46. The molecule has 14 heavy (non-hydrogen) atoms. The summed E-state index contributed by atoms with van der Waals surface area (Å²) < 4.78 is 4.98. The molecule has 0 radical (unpaired) electrons. The van der Waals surface area contributed by atoms with Crippen LogP contribution in [-0.4, -0.2) is 64.8 Å². The number of hydroxylamine groups is 1. The van der Waals surface area contributed by atoms with Gasteiger partial charge in [-0.15, -0.1) is 0 Å². The van der Waals surface area contributed by atoms with E-state index in [1.54, 1.807) is 0 Å². The maximum absolute atomic E-state index is 9.37. The maximum atomic E-state index is 9.37. The van der Waals surface area contributed by atoms with Crippen molar-refractivity contribution in [2.75, 3.05) is 13.7 Å². The highest BCUT2D eigenvalue weighted by Gasteiger charge is 2.44. The number of hydrogen-bond acceptors (Lipinski definition) is 7. The Balaban J connectivity index is 2.63. The smallest absolute Gasteiger partial charge is 0.206 e. The largest absolute Gasteiger partial charge is 0.394 e. The maximum Gasteiger partial charge on any atom is 0.206 e. The molecule has 7 heteroatoms. The van der Waals surface area contributed by atoms with Crippen molar-refractivity contribution in [1.29, 1.82) is 0 Å². The molecule has 84 valence electrons. The van der Waals surface area contributed by atoms with Crippen molar-refractivity contribution in [2.45, 2.75) is 30.7 Å². The SMILES string of the molecule is CNO[C@@H]1O[C@H](CO)[C@@H](O)[C@H](O)[C@H]1O. The van der Waals surface area contributed by atoms with Crippen molar-refractivity contribution < 1.29 is 30.0 Å². The van der Waals surface area contributed by atoms with Crippen molar-refractivity contribution >= 4 is 0 Å². The Bertz CT molecular complexity index is 176. The van der Waals surface area contributed by atoms with Crippen LogP contribution in [0.1, 0.15) is 0 Å². The van der Waals surface area contributed by atoms with E-state index in [2.05, 4.69) is 5.48 Å². The van der Waals surface area contributed by atoms with Gasteiger partial charge in [0.25, 0.3) is 0 Å². The lowest BCUT2D eigenvalue weighted by Crippen LogP contribution is -2.59. The number of aliphatic hydroxyl groups is 4. The zero-order valence-corrected chi connectivity index (χ0v) is 7.70. The van der Waals surface area contributed by atoms with Crippen LogP contribution in [-0.2, 0) is 9.57 Å². The van der Waals surface area contributed by atoms with Crippen LogP contribution in [0.3, 0.4) is 0 Å². The summed E-state index contributed by atoms with van der Waals surface area (Å²) >= 11 is 0. The Hall–Kier alpha value is -0.280. The van der Waals surface area contributed by atoms with Gasteiger partial charge in [-0.3, -0.25) is 4.84 Å². The minimum absolute atomic E-state index is 0.464. The lowest BCUT2D eigenvalue weighted by molar-refractivity contribution is -0.314. The highest BCUT2D eigenvalue weighted by Crippen LogP contribution is 2.20. The van der Waals surface area contributed by atoms with Crippen LogP contribution in [0, 0.1) is 0 Å². The minimum atomic E-state index is -1.40. The van der Waals surface area contributed by atoms with E-state index in [1.807, 2.05) is 0 Å². The van der Waals surface area contributed by atoms with E-state index in [4.69, 9.17) is 14.7 Å². The molecule has 1 rings (SSSR count). The molecule has 0 bridgehead atoms. The Labute approximate surface area is 80.8 Å². The molecular formula is C7H15NO6. The van der Waals surface area contributed by atoms with Gasteiger partial charge in [0.15, 0.2) is 0 Å². The third kappa shape index (κ3) is 2.20. The molecular weight excluding hydrogens is 194 g/mol. The van der Waals surface area contributed by atoms with Crippen LogP contribution in [0.15, 0.2) is 0 Å². The summed E-state index contributed by atoms with van der Waals surface area (Å²) in [6.45, 7) is -0.464. The predicted octanol–water partition coefficient (Wildman–Crippen LogP) is -3.06. The Morgan fingerprint density at radius 1 is 1.21 bits per heavy atom. The Kier molecular flexibility index (Phi) is 4.20. The normalized spacial score (nSPS) is 43.9.